The van der Waals surface area contributed by atoms with Crippen LogP contribution >= 0.6 is 23.5 Å². The van der Waals surface area contributed by atoms with Crippen LogP contribution in [0.15, 0.2) is 29.2 Å². The van der Waals surface area contributed by atoms with Gasteiger partial charge in [-0.15, -0.1) is 11.8 Å². The van der Waals surface area contributed by atoms with Crippen LogP contribution in [0.5, 0.6) is 0 Å². The fourth-order valence-corrected chi connectivity index (χ4v) is 5.33. The van der Waals surface area contributed by atoms with Gasteiger partial charge in [-0.05, 0) is 57.1 Å². The van der Waals surface area contributed by atoms with Gasteiger partial charge in [-0.1, -0.05) is 23.9 Å². The van der Waals surface area contributed by atoms with Gasteiger partial charge < -0.3 is 5.11 Å². The number of aryl methyl sites for hydroxylation is 1. The van der Waals surface area contributed by atoms with E-state index in [9.17, 15) is 19.5 Å². The molecule has 29 heavy (non-hydrogen) atoms. The lowest BCUT2D eigenvalue weighted by atomic mass is 9.97. The molecule has 0 spiro atoms. The quantitative estimate of drug-likeness (QED) is 0.451. The lowest BCUT2D eigenvalue weighted by Gasteiger charge is -2.32. The summed E-state index contributed by atoms with van der Waals surface area (Å²) in [6, 6.07) is 8.32. The molecule has 160 valence electrons. The third-order valence-electron chi connectivity index (χ3n) is 5.90. The van der Waals surface area contributed by atoms with Crippen LogP contribution in [0.4, 0.5) is 4.79 Å². The van der Waals surface area contributed by atoms with Crippen molar-refractivity contribution in [2.75, 3.05) is 18.6 Å². The molecule has 2 rings (SSSR count). The number of quaternary nitrogens is 1. The van der Waals surface area contributed by atoms with E-state index in [0.717, 1.165) is 37.4 Å². The first-order valence-electron chi connectivity index (χ1n) is 10.1. The highest BCUT2D eigenvalue weighted by molar-refractivity contribution is 8.13. The summed E-state index contributed by atoms with van der Waals surface area (Å²) in [6.45, 7) is 5.43. The number of nitrogens with zero attached hydrogens (tertiary/aromatic N) is 1. The summed E-state index contributed by atoms with van der Waals surface area (Å²) in [5.41, 5.74) is 1.29. The summed E-state index contributed by atoms with van der Waals surface area (Å²) in [4.78, 5) is 37.8. The van der Waals surface area contributed by atoms with Crippen LogP contribution < -0.4 is 0 Å². The molecule has 4 atom stereocenters. The number of likely N-dealkylation sites (tertiary alicyclic amines) is 1. The zero-order chi connectivity index (χ0) is 21.6. The van der Waals surface area contributed by atoms with Crippen LogP contribution in [-0.2, 0) is 16.0 Å². The Morgan fingerprint density at radius 3 is 2.45 bits per heavy atom. The van der Waals surface area contributed by atoms with Crippen molar-refractivity contribution in [3.63, 3.8) is 0 Å². The van der Waals surface area contributed by atoms with Crippen molar-refractivity contribution in [1.29, 1.82) is 0 Å². The van der Waals surface area contributed by atoms with E-state index in [2.05, 4.69) is 30.5 Å². The van der Waals surface area contributed by atoms with Crippen LogP contribution in [0.3, 0.4) is 0 Å². The first kappa shape index (κ1) is 24.0. The number of thioether (sulfide) groups is 2. The number of carbonyl (C=O) groups excluding carboxylic acids is 2. The third kappa shape index (κ3) is 5.86. The van der Waals surface area contributed by atoms with Gasteiger partial charge in [0.2, 0.25) is 0 Å². The van der Waals surface area contributed by atoms with E-state index >= 15 is 0 Å². The Labute approximate surface area is 182 Å². The zero-order valence-corrected chi connectivity index (χ0v) is 19.4. The van der Waals surface area contributed by atoms with Gasteiger partial charge >= 0.3 is 12.0 Å². The van der Waals surface area contributed by atoms with Crippen molar-refractivity contribution in [3.8, 4) is 0 Å². The molecule has 1 aliphatic rings. The number of hydrogen-bond donors (Lipinski definition) is 1. The molecule has 2 amide bonds. The molecule has 1 saturated heterocycles. The number of imide groups is 1. The molecule has 2 unspecified atom stereocenters. The Morgan fingerprint density at radius 2 is 1.90 bits per heavy atom. The normalized spacial score (nSPS) is 25.0. The highest BCUT2D eigenvalue weighted by atomic mass is 32.2. The smallest absolute Gasteiger partial charge is 0.435 e. The van der Waals surface area contributed by atoms with Gasteiger partial charge in [-0.3, -0.25) is 4.79 Å². The van der Waals surface area contributed by atoms with Crippen LogP contribution in [-0.4, -0.2) is 51.3 Å². The number of hydrogen-bond acceptors (Lipinski definition) is 5. The van der Waals surface area contributed by atoms with Gasteiger partial charge in [0.25, 0.3) is 0 Å². The van der Waals surface area contributed by atoms with Gasteiger partial charge in [0.05, 0.1) is 12.5 Å². The first-order chi connectivity index (χ1) is 13.7. The molecule has 0 saturated carbocycles. The minimum atomic E-state index is -1.06. The Kier molecular flexibility index (Phi) is 8.79. The Bertz CT molecular complexity index is 737. The predicted octanol–water partition coefficient (Wildman–Crippen LogP) is 5.08. The topological polar surface area (TPSA) is 71.4 Å². The van der Waals surface area contributed by atoms with Gasteiger partial charge in [-0.25, -0.2) is 4.79 Å². The van der Waals surface area contributed by atoms with Crippen molar-refractivity contribution < 1.29 is 24.0 Å². The summed E-state index contributed by atoms with van der Waals surface area (Å²) in [6.07, 6.45) is 4.62. The maximum atomic E-state index is 13.1. The van der Waals surface area contributed by atoms with E-state index in [1.807, 2.05) is 6.92 Å². The fraction of sp³-hybridized carbons (Fsp3) is 0.591. The second-order valence-electron chi connectivity index (χ2n) is 8.07. The molecule has 1 aromatic carbocycles. The Balaban J connectivity index is 1.98. The van der Waals surface area contributed by atoms with Crippen LogP contribution in [0, 0.1) is 11.8 Å². The largest absolute Gasteiger partial charge is 0.521 e. The number of carboxylic acid groups (broad SMARTS) is 1. The fourth-order valence-electron chi connectivity index (χ4n) is 4.30. The van der Waals surface area contributed by atoms with Gasteiger partial charge in [0, 0.05) is 29.9 Å². The third-order valence-corrected chi connectivity index (χ3v) is 7.72. The van der Waals surface area contributed by atoms with Crippen LogP contribution in [0.1, 0.15) is 45.6 Å². The molecule has 0 bridgehead atoms. The highest BCUT2D eigenvalue weighted by Crippen LogP contribution is 2.36. The molecule has 7 heteroatoms. The SMILES string of the molecule is CSc1ccc(CCC[C@H]2CC(C)[N@+](C(=O)O)(C(=O)C(C)CSC(C)=O)C2)cc1. The maximum absolute atomic E-state index is 13.1. The summed E-state index contributed by atoms with van der Waals surface area (Å²) >= 11 is 2.81. The second kappa shape index (κ2) is 10.6. The molecular formula is C22H32NO4S2+. The Hall–Kier alpha value is -1.31. The van der Waals surface area contributed by atoms with Gasteiger partial charge in [0.15, 0.2) is 5.12 Å². The van der Waals surface area contributed by atoms with E-state index in [0.29, 0.717) is 12.3 Å². The van der Waals surface area contributed by atoms with Crippen molar-refractivity contribution in [3.05, 3.63) is 29.8 Å². The first-order valence-corrected chi connectivity index (χ1v) is 12.3. The average molecular weight is 439 g/mol. The molecule has 0 aromatic heterocycles. The molecule has 1 aromatic rings. The molecule has 1 N–H and O–H groups in total. The molecule has 1 aliphatic heterocycles. The summed E-state index contributed by atoms with van der Waals surface area (Å²) in [5.74, 6) is -0.168. The summed E-state index contributed by atoms with van der Waals surface area (Å²) in [5, 5.41) is 9.93. The second-order valence-corrected chi connectivity index (χ2v) is 10.1. The zero-order valence-electron chi connectivity index (χ0n) is 17.7. The van der Waals surface area contributed by atoms with E-state index in [4.69, 9.17) is 0 Å². The minimum Gasteiger partial charge on any atom is -0.435 e. The average Bonchev–Trinajstić information content (AvgIpc) is 3.03. The van der Waals surface area contributed by atoms with Crippen molar-refractivity contribution >= 4 is 40.6 Å². The van der Waals surface area contributed by atoms with Crippen molar-refractivity contribution in [2.45, 2.75) is 57.4 Å². The molecular weight excluding hydrogens is 406 g/mol. The van der Waals surface area contributed by atoms with E-state index in [1.165, 1.54) is 17.4 Å². The van der Waals surface area contributed by atoms with Crippen LogP contribution in [0.2, 0.25) is 0 Å². The lowest BCUT2D eigenvalue weighted by molar-refractivity contribution is -0.795. The number of benzene rings is 1. The van der Waals surface area contributed by atoms with Crippen LogP contribution in [0.25, 0.3) is 0 Å². The molecule has 0 radical (unpaired) electrons. The molecule has 1 heterocycles. The summed E-state index contributed by atoms with van der Waals surface area (Å²) < 4.78 is -0.493. The summed E-state index contributed by atoms with van der Waals surface area (Å²) in [7, 11) is 0. The highest BCUT2D eigenvalue weighted by Gasteiger charge is 2.57. The van der Waals surface area contributed by atoms with E-state index < -0.39 is 16.5 Å². The molecule has 1 fully saturated rings. The van der Waals surface area contributed by atoms with Crippen molar-refractivity contribution in [2.24, 2.45) is 11.8 Å². The minimum absolute atomic E-state index is 0.0514. The standard InChI is InChI=1S/C22H31NO4S2/c1-15(14-29-17(3)24)21(25)23(22(26)27)13-19(12-16(23)2)7-5-6-18-8-10-20(28-4)11-9-18/h8-11,15-16,19H,5-7,12-14H2,1-4H3/p+1/t15?,16?,19-,23-/m0/s1. The predicted molar refractivity (Wildman–Crippen MR) is 119 cm³/mol. The Morgan fingerprint density at radius 1 is 1.24 bits per heavy atom. The number of amides is 2. The number of rotatable bonds is 8. The van der Waals surface area contributed by atoms with Gasteiger partial charge in [0.1, 0.15) is 6.04 Å². The van der Waals surface area contributed by atoms with Crippen molar-refractivity contribution in [1.82, 2.24) is 0 Å². The van der Waals surface area contributed by atoms with Gasteiger partial charge in [-0.2, -0.15) is 9.28 Å². The van der Waals surface area contributed by atoms with E-state index in [-0.39, 0.29) is 23.0 Å². The maximum Gasteiger partial charge on any atom is 0.521 e. The number of carbonyl (C=O) groups is 3. The molecule has 0 aliphatic carbocycles. The van der Waals surface area contributed by atoms with E-state index in [1.54, 1.807) is 18.7 Å². The molecule has 5 nitrogen and oxygen atoms in total. The lowest BCUT2D eigenvalue weighted by Crippen LogP contribution is -2.60. The monoisotopic (exact) mass is 438 g/mol.